The van der Waals surface area contributed by atoms with Crippen molar-refractivity contribution in [1.29, 1.82) is 0 Å². The molecular formula is C25H25N5O2. The highest BCUT2D eigenvalue weighted by molar-refractivity contribution is 5.94. The van der Waals surface area contributed by atoms with Crippen LogP contribution in [0.15, 0.2) is 77.6 Å². The van der Waals surface area contributed by atoms with Gasteiger partial charge in [-0.05, 0) is 67.9 Å². The van der Waals surface area contributed by atoms with Crippen LogP contribution < -0.4 is 10.2 Å². The Morgan fingerprint density at radius 1 is 0.969 bits per heavy atom. The Morgan fingerprint density at radius 2 is 1.72 bits per heavy atom. The van der Waals surface area contributed by atoms with Gasteiger partial charge in [0.25, 0.3) is 11.8 Å². The van der Waals surface area contributed by atoms with Gasteiger partial charge in [0.2, 0.25) is 5.82 Å². The molecule has 0 atom stereocenters. The number of pyridine rings is 1. The summed E-state index contributed by atoms with van der Waals surface area (Å²) in [7, 11) is 0. The lowest BCUT2D eigenvalue weighted by molar-refractivity contribution is 0.0951. The monoisotopic (exact) mass is 427 g/mol. The summed E-state index contributed by atoms with van der Waals surface area (Å²) in [6.07, 6.45) is 3.37. The fourth-order valence-corrected chi connectivity index (χ4v) is 3.47. The number of benzene rings is 2. The van der Waals surface area contributed by atoms with Gasteiger partial charge < -0.3 is 14.7 Å². The Bertz CT molecular complexity index is 1170. The molecule has 7 nitrogen and oxygen atoms in total. The van der Waals surface area contributed by atoms with E-state index in [-0.39, 0.29) is 5.91 Å². The van der Waals surface area contributed by atoms with E-state index in [1.54, 1.807) is 12.4 Å². The van der Waals surface area contributed by atoms with E-state index in [2.05, 4.69) is 39.2 Å². The van der Waals surface area contributed by atoms with Crippen LogP contribution in [-0.4, -0.2) is 34.1 Å². The number of aromatic nitrogens is 3. The third-order valence-electron chi connectivity index (χ3n) is 5.25. The molecule has 0 saturated heterocycles. The first kappa shape index (κ1) is 21.2. The van der Waals surface area contributed by atoms with Gasteiger partial charge >= 0.3 is 0 Å². The second-order valence-corrected chi connectivity index (χ2v) is 7.26. The van der Waals surface area contributed by atoms with Gasteiger partial charge in [0.1, 0.15) is 0 Å². The molecule has 0 aliphatic carbocycles. The molecule has 0 aliphatic heterocycles. The maximum Gasteiger partial charge on any atom is 0.258 e. The van der Waals surface area contributed by atoms with Gasteiger partial charge in [-0.3, -0.25) is 9.78 Å². The molecule has 0 unspecified atom stereocenters. The number of anilines is 1. The zero-order valence-electron chi connectivity index (χ0n) is 18.2. The second kappa shape index (κ2) is 9.87. The minimum Gasteiger partial charge on any atom is -0.372 e. The number of rotatable bonds is 8. The van der Waals surface area contributed by atoms with Crippen LogP contribution in [0, 0.1) is 0 Å². The largest absolute Gasteiger partial charge is 0.372 e. The van der Waals surface area contributed by atoms with Crippen molar-refractivity contribution in [3.05, 3.63) is 84.2 Å². The number of carbonyl (C=O) groups excluding carboxylic acids is 1. The molecule has 0 radical (unpaired) electrons. The smallest absolute Gasteiger partial charge is 0.258 e. The maximum atomic E-state index is 12.6. The molecule has 0 saturated carbocycles. The van der Waals surface area contributed by atoms with E-state index in [0.717, 1.165) is 35.5 Å². The summed E-state index contributed by atoms with van der Waals surface area (Å²) in [6.45, 7) is 6.50. The molecule has 4 rings (SSSR count). The van der Waals surface area contributed by atoms with Crippen LogP contribution in [0.25, 0.3) is 22.8 Å². The van der Waals surface area contributed by atoms with Crippen LogP contribution in [0.5, 0.6) is 0 Å². The molecule has 0 spiro atoms. The van der Waals surface area contributed by atoms with Gasteiger partial charge in [-0.2, -0.15) is 4.98 Å². The summed E-state index contributed by atoms with van der Waals surface area (Å²) in [5.41, 5.74) is 4.33. The third-order valence-corrected chi connectivity index (χ3v) is 5.25. The van der Waals surface area contributed by atoms with E-state index in [4.69, 9.17) is 4.52 Å². The fraction of sp³-hybridized carbons (Fsp3) is 0.200. The van der Waals surface area contributed by atoms with Crippen LogP contribution >= 0.6 is 0 Å². The van der Waals surface area contributed by atoms with Crippen molar-refractivity contribution in [2.75, 3.05) is 18.0 Å². The standard InChI is InChI=1S/C25H25N5O2/c1-3-30(4-2)22-10-8-20(9-11-22)24(31)27-17-18-6-5-7-21(16-18)25-28-23(29-32-25)19-12-14-26-15-13-19/h5-16H,3-4,17H2,1-2H3,(H,27,31). The molecular weight excluding hydrogens is 402 g/mol. The van der Waals surface area contributed by atoms with E-state index in [0.29, 0.717) is 23.8 Å². The number of hydrogen-bond acceptors (Lipinski definition) is 6. The molecule has 0 fully saturated rings. The van der Waals surface area contributed by atoms with Crippen LogP contribution in [0.3, 0.4) is 0 Å². The zero-order chi connectivity index (χ0) is 22.3. The van der Waals surface area contributed by atoms with Crippen molar-refractivity contribution >= 4 is 11.6 Å². The highest BCUT2D eigenvalue weighted by Gasteiger charge is 2.12. The maximum absolute atomic E-state index is 12.6. The van der Waals surface area contributed by atoms with E-state index < -0.39 is 0 Å². The van der Waals surface area contributed by atoms with Gasteiger partial charge in [0, 0.05) is 54.4 Å². The molecule has 2 heterocycles. The van der Waals surface area contributed by atoms with E-state index in [9.17, 15) is 4.79 Å². The van der Waals surface area contributed by atoms with Crippen LogP contribution in [-0.2, 0) is 6.54 Å². The molecule has 7 heteroatoms. The SMILES string of the molecule is CCN(CC)c1ccc(C(=O)NCc2cccc(-c3nc(-c4ccncc4)no3)c2)cc1. The lowest BCUT2D eigenvalue weighted by atomic mass is 10.1. The molecule has 32 heavy (non-hydrogen) atoms. The number of nitrogens with one attached hydrogen (secondary N) is 1. The molecule has 1 N–H and O–H groups in total. The number of carbonyl (C=O) groups is 1. The van der Waals surface area contributed by atoms with Crippen molar-refractivity contribution < 1.29 is 9.32 Å². The topological polar surface area (TPSA) is 84.2 Å². The van der Waals surface area contributed by atoms with Crippen LogP contribution in [0.1, 0.15) is 29.8 Å². The van der Waals surface area contributed by atoms with Gasteiger partial charge in [-0.25, -0.2) is 0 Å². The summed E-state index contributed by atoms with van der Waals surface area (Å²) in [4.78, 5) is 23.3. The van der Waals surface area contributed by atoms with Crippen molar-refractivity contribution in [3.63, 3.8) is 0 Å². The zero-order valence-corrected chi connectivity index (χ0v) is 18.2. The van der Waals surface area contributed by atoms with Gasteiger partial charge in [0.15, 0.2) is 0 Å². The molecule has 0 aliphatic rings. The summed E-state index contributed by atoms with van der Waals surface area (Å²) in [5.74, 6) is 0.825. The minimum absolute atomic E-state index is 0.112. The Morgan fingerprint density at radius 3 is 2.44 bits per heavy atom. The third kappa shape index (κ3) is 4.83. The summed E-state index contributed by atoms with van der Waals surface area (Å²) in [6, 6.07) is 19.0. The van der Waals surface area contributed by atoms with Crippen molar-refractivity contribution in [3.8, 4) is 22.8 Å². The van der Waals surface area contributed by atoms with Crippen molar-refractivity contribution in [1.82, 2.24) is 20.4 Å². The fourth-order valence-electron chi connectivity index (χ4n) is 3.47. The van der Waals surface area contributed by atoms with Gasteiger partial charge in [0.05, 0.1) is 0 Å². The first-order chi connectivity index (χ1) is 15.7. The summed E-state index contributed by atoms with van der Waals surface area (Å²) < 4.78 is 5.43. The lowest BCUT2D eigenvalue weighted by Gasteiger charge is -2.21. The lowest BCUT2D eigenvalue weighted by Crippen LogP contribution is -2.24. The van der Waals surface area contributed by atoms with Gasteiger partial charge in [-0.1, -0.05) is 17.3 Å². The average molecular weight is 428 g/mol. The number of hydrogen-bond donors (Lipinski definition) is 1. The molecule has 1 amide bonds. The Hall–Kier alpha value is -4.00. The number of nitrogens with zero attached hydrogens (tertiary/aromatic N) is 4. The first-order valence-corrected chi connectivity index (χ1v) is 10.6. The normalized spacial score (nSPS) is 10.7. The molecule has 4 aromatic rings. The first-order valence-electron chi connectivity index (χ1n) is 10.6. The van der Waals surface area contributed by atoms with Crippen molar-refractivity contribution in [2.45, 2.75) is 20.4 Å². The summed E-state index contributed by atoms with van der Waals surface area (Å²) in [5, 5.41) is 7.03. The van der Waals surface area contributed by atoms with Crippen molar-refractivity contribution in [2.24, 2.45) is 0 Å². The van der Waals surface area contributed by atoms with Crippen LogP contribution in [0.2, 0.25) is 0 Å². The average Bonchev–Trinajstić information content (AvgIpc) is 3.35. The van der Waals surface area contributed by atoms with E-state index >= 15 is 0 Å². The number of amides is 1. The minimum atomic E-state index is -0.112. The van der Waals surface area contributed by atoms with E-state index in [1.165, 1.54) is 0 Å². The van der Waals surface area contributed by atoms with E-state index in [1.807, 2.05) is 60.7 Å². The van der Waals surface area contributed by atoms with Crippen LogP contribution in [0.4, 0.5) is 5.69 Å². The Balaban J connectivity index is 1.41. The molecule has 2 aromatic carbocycles. The predicted molar refractivity (Wildman–Crippen MR) is 124 cm³/mol. The summed E-state index contributed by atoms with van der Waals surface area (Å²) >= 11 is 0. The molecule has 0 bridgehead atoms. The molecule has 2 aromatic heterocycles. The molecule has 162 valence electrons. The Kier molecular flexibility index (Phi) is 6.55. The second-order valence-electron chi connectivity index (χ2n) is 7.26. The Labute approximate surface area is 187 Å². The highest BCUT2D eigenvalue weighted by atomic mass is 16.5. The van der Waals surface area contributed by atoms with Gasteiger partial charge in [-0.15, -0.1) is 0 Å². The quantitative estimate of drug-likeness (QED) is 0.443. The highest BCUT2D eigenvalue weighted by Crippen LogP contribution is 2.22. The predicted octanol–water partition coefficient (Wildman–Crippen LogP) is 4.57.